The van der Waals surface area contributed by atoms with E-state index in [2.05, 4.69) is 19.2 Å². The number of fused-ring (bicyclic) bond motifs is 1. The fraction of sp³-hybridized carbons (Fsp3) is 0.450. The highest BCUT2D eigenvalue weighted by Crippen LogP contribution is 2.40. The molecule has 0 radical (unpaired) electrons. The van der Waals surface area contributed by atoms with Crippen molar-refractivity contribution in [1.82, 2.24) is 4.90 Å². The van der Waals surface area contributed by atoms with Gasteiger partial charge in [-0.1, -0.05) is 19.9 Å². The minimum absolute atomic E-state index is 0.0495. The Balaban J connectivity index is 2.06. The topological polar surface area (TPSA) is 86.7 Å². The number of aliphatic hydroxyl groups excluding tert-OH is 1. The van der Waals surface area contributed by atoms with Crippen LogP contribution in [0.1, 0.15) is 39.7 Å². The molecule has 1 atom stereocenters. The summed E-state index contributed by atoms with van der Waals surface area (Å²) in [5.74, 6) is -0.00919. The number of aryl methyl sites for hydroxylation is 1. The Labute approximate surface area is 160 Å². The van der Waals surface area contributed by atoms with Gasteiger partial charge in [0.2, 0.25) is 9.84 Å². The van der Waals surface area contributed by atoms with Crippen LogP contribution in [0.3, 0.4) is 0 Å². The second-order valence-corrected chi connectivity index (χ2v) is 9.74. The molecule has 2 aliphatic heterocycles. The Kier molecular flexibility index (Phi) is 4.84. The van der Waals surface area contributed by atoms with Crippen LogP contribution >= 0.6 is 0 Å². The Bertz CT molecular complexity index is 974. The number of aliphatic hydroxyl groups is 1. The molecule has 2 heterocycles. The molecule has 0 bridgehead atoms. The first kappa shape index (κ1) is 19.5. The molecule has 0 aliphatic carbocycles. The molecule has 1 aromatic rings. The molecule has 2 N–H and O–H groups in total. The highest BCUT2D eigenvalue weighted by atomic mass is 32.2. The van der Waals surface area contributed by atoms with Crippen molar-refractivity contribution in [2.45, 2.75) is 52.0 Å². The number of allylic oxidation sites excluding steroid dienone is 1. The van der Waals surface area contributed by atoms with Gasteiger partial charge in [-0.15, -0.1) is 0 Å². The third-order valence-electron chi connectivity index (χ3n) is 5.23. The summed E-state index contributed by atoms with van der Waals surface area (Å²) in [6, 6.07) is 4.63. The van der Waals surface area contributed by atoms with Gasteiger partial charge in [-0.2, -0.15) is 0 Å². The molecule has 3 rings (SSSR count). The van der Waals surface area contributed by atoms with Crippen molar-refractivity contribution in [1.29, 1.82) is 0 Å². The van der Waals surface area contributed by atoms with E-state index in [1.807, 2.05) is 13.0 Å². The Morgan fingerprint density at radius 1 is 1.26 bits per heavy atom. The lowest BCUT2D eigenvalue weighted by atomic mass is 10.1. The maximum Gasteiger partial charge on any atom is 0.260 e. The van der Waals surface area contributed by atoms with E-state index in [1.165, 1.54) is 6.92 Å². The molecule has 0 aromatic heterocycles. The number of carbonyl (C=O) groups excluding carboxylic acids is 1. The van der Waals surface area contributed by atoms with Crippen LogP contribution in [0.2, 0.25) is 0 Å². The van der Waals surface area contributed by atoms with E-state index in [4.69, 9.17) is 0 Å². The third kappa shape index (κ3) is 3.14. The van der Waals surface area contributed by atoms with Gasteiger partial charge >= 0.3 is 0 Å². The number of anilines is 1. The van der Waals surface area contributed by atoms with Gasteiger partial charge < -0.3 is 15.3 Å². The molecule has 1 aromatic carbocycles. The van der Waals surface area contributed by atoms with Crippen LogP contribution in [0.25, 0.3) is 0 Å². The zero-order valence-corrected chi connectivity index (χ0v) is 17.1. The summed E-state index contributed by atoms with van der Waals surface area (Å²) in [6.07, 6.45) is 0.808. The first-order valence-corrected chi connectivity index (χ1v) is 10.6. The Hall–Kier alpha value is -2.28. The van der Waals surface area contributed by atoms with E-state index in [0.717, 1.165) is 12.0 Å². The fourth-order valence-corrected chi connectivity index (χ4v) is 4.93. The zero-order valence-electron chi connectivity index (χ0n) is 16.3. The van der Waals surface area contributed by atoms with Gasteiger partial charge in [-0.3, -0.25) is 4.79 Å². The Morgan fingerprint density at radius 2 is 1.93 bits per heavy atom. The number of carbonyl (C=O) groups is 1. The molecule has 0 saturated carbocycles. The summed E-state index contributed by atoms with van der Waals surface area (Å²) in [7, 11) is -3.74. The second-order valence-electron chi connectivity index (χ2n) is 7.68. The van der Waals surface area contributed by atoms with Gasteiger partial charge in [-0.25, -0.2) is 8.42 Å². The summed E-state index contributed by atoms with van der Waals surface area (Å²) in [5.41, 5.74) is 1.48. The summed E-state index contributed by atoms with van der Waals surface area (Å²) >= 11 is 0. The molecule has 0 spiro atoms. The van der Waals surface area contributed by atoms with Gasteiger partial charge in [0, 0.05) is 6.54 Å². The van der Waals surface area contributed by atoms with Gasteiger partial charge in [0.1, 0.15) is 11.3 Å². The number of hydrogen-bond acceptors (Lipinski definition) is 5. The molecule has 6 nitrogen and oxygen atoms in total. The third-order valence-corrected chi connectivity index (χ3v) is 7.16. The second kappa shape index (κ2) is 6.71. The van der Waals surface area contributed by atoms with E-state index in [0.29, 0.717) is 18.2 Å². The van der Waals surface area contributed by atoms with E-state index in [1.54, 1.807) is 24.0 Å². The molecule has 0 saturated heterocycles. The van der Waals surface area contributed by atoms with Crippen molar-refractivity contribution in [3.8, 4) is 0 Å². The van der Waals surface area contributed by atoms with Crippen LogP contribution < -0.4 is 5.32 Å². The lowest BCUT2D eigenvalue weighted by Crippen LogP contribution is -2.35. The van der Waals surface area contributed by atoms with Crippen LogP contribution in [-0.4, -0.2) is 36.9 Å². The summed E-state index contributed by atoms with van der Waals surface area (Å²) in [4.78, 5) is 14.8. The van der Waals surface area contributed by atoms with Gasteiger partial charge in [0.15, 0.2) is 0 Å². The molecule has 146 valence electrons. The van der Waals surface area contributed by atoms with Crippen LogP contribution in [0, 0.1) is 12.8 Å². The number of nitrogens with one attached hydrogen (secondary N) is 1. The quantitative estimate of drug-likeness (QED) is 0.821. The molecular weight excluding hydrogens is 364 g/mol. The van der Waals surface area contributed by atoms with Crippen molar-refractivity contribution < 1.29 is 18.3 Å². The maximum atomic E-state index is 13.0. The lowest BCUT2D eigenvalue weighted by Gasteiger charge is -2.25. The SMILES string of the molecule is CC1=C(C2=C(O)C(C)N(CCC(C)C)C2=O)Nc2ccc(C)cc2S1(=O)=O. The smallest absolute Gasteiger partial charge is 0.260 e. The highest BCUT2D eigenvalue weighted by Gasteiger charge is 2.42. The summed E-state index contributed by atoms with van der Waals surface area (Å²) in [6.45, 7) is 9.71. The molecular formula is C20H26N2O4S. The van der Waals surface area contributed by atoms with Crippen molar-refractivity contribution in [2.24, 2.45) is 5.92 Å². The zero-order chi connectivity index (χ0) is 20.1. The number of nitrogens with zero attached hydrogens (tertiary/aromatic N) is 1. The van der Waals surface area contributed by atoms with Crippen molar-refractivity contribution in [2.75, 3.05) is 11.9 Å². The number of hydrogen-bond donors (Lipinski definition) is 2. The van der Waals surface area contributed by atoms with Crippen LogP contribution in [-0.2, 0) is 14.6 Å². The van der Waals surface area contributed by atoms with E-state index >= 15 is 0 Å². The number of benzene rings is 1. The summed E-state index contributed by atoms with van der Waals surface area (Å²) in [5, 5.41) is 13.7. The average Bonchev–Trinajstić information content (AvgIpc) is 2.80. The van der Waals surface area contributed by atoms with Crippen LogP contribution in [0.5, 0.6) is 0 Å². The predicted octanol–water partition coefficient (Wildman–Crippen LogP) is 3.51. The molecule has 7 heteroatoms. The van der Waals surface area contributed by atoms with Gasteiger partial charge in [-0.05, 0) is 50.8 Å². The van der Waals surface area contributed by atoms with Crippen molar-refractivity contribution in [3.63, 3.8) is 0 Å². The van der Waals surface area contributed by atoms with E-state index < -0.39 is 15.9 Å². The summed E-state index contributed by atoms with van der Waals surface area (Å²) < 4.78 is 26.0. The monoisotopic (exact) mass is 390 g/mol. The normalized spacial score (nSPS) is 21.8. The number of rotatable bonds is 4. The van der Waals surface area contributed by atoms with E-state index in [-0.39, 0.29) is 32.7 Å². The molecule has 1 unspecified atom stereocenters. The molecule has 1 amide bonds. The predicted molar refractivity (Wildman–Crippen MR) is 105 cm³/mol. The minimum Gasteiger partial charge on any atom is -0.509 e. The number of sulfone groups is 1. The van der Waals surface area contributed by atoms with Crippen molar-refractivity contribution >= 4 is 21.4 Å². The molecule has 2 aliphatic rings. The van der Waals surface area contributed by atoms with Crippen molar-refractivity contribution in [3.05, 3.63) is 45.7 Å². The molecule has 0 fully saturated rings. The van der Waals surface area contributed by atoms with Crippen LogP contribution in [0.15, 0.2) is 45.0 Å². The minimum atomic E-state index is -3.74. The standard InChI is InChI=1S/C20H26N2O4S/c1-11(2)8-9-22-13(4)19(23)17(20(22)24)18-14(5)27(25,26)16-10-12(3)6-7-15(16)21-18/h6-7,10-11,13,21,23H,8-9H2,1-5H3. The molecule has 27 heavy (non-hydrogen) atoms. The van der Waals surface area contributed by atoms with Gasteiger partial charge in [0.05, 0.1) is 27.2 Å². The average molecular weight is 391 g/mol. The first-order chi connectivity index (χ1) is 12.6. The highest BCUT2D eigenvalue weighted by molar-refractivity contribution is 7.95. The lowest BCUT2D eigenvalue weighted by molar-refractivity contribution is -0.126. The largest absolute Gasteiger partial charge is 0.509 e. The van der Waals surface area contributed by atoms with E-state index in [9.17, 15) is 18.3 Å². The number of amides is 1. The van der Waals surface area contributed by atoms with Gasteiger partial charge in [0.25, 0.3) is 5.91 Å². The Morgan fingerprint density at radius 3 is 2.56 bits per heavy atom. The fourth-order valence-electron chi connectivity index (χ4n) is 3.43. The first-order valence-electron chi connectivity index (χ1n) is 9.13. The van der Waals surface area contributed by atoms with Crippen LogP contribution in [0.4, 0.5) is 5.69 Å². The maximum absolute atomic E-state index is 13.0.